The lowest BCUT2D eigenvalue weighted by Crippen LogP contribution is -2.44. The molecule has 4 heteroatoms. The molecule has 0 spiro atoms. The van der Waals surface area contributed by atoms with Crippen molar-refractivity contribution in [2.24, 2.45) is 5.41 Å². The van der Waals surface area contributed by atoms with Gasteiger partial charge in [-0.05, 0) is 25.7 Å². The molecule has 0 atom stereocenters. The second-order valence-corrected chi connectivity index (χ2v) is 5.29. The van der Waals surface area contributed by atoms with Crippen molar-refractivity contribution >= 4 is 5.91 Å². The highest BCUT2D eigenvalue weighted by Crippen LogP contribution is 2.46. The molecule has 0 unspecified atom stereocenters. The van der Waals surface area contributed by atoms with E-state index in [2.05, 4.69) is 6.07 Å². The fraction of sp³-hybridized carbons (Fsp3) is 0.833. The Bertz CT molecular complexity index is 335. The van der Waals surface area contributed by atoms with Gasteiger partial charge >= 0.3 is 0 Å². The molecule has 0 aromatic heterocycles. The Morgan fingerprint density at radius 3 is 2.38 bits per heavy atom. The van der Waals surface area contributed by atoms with Crippen molar-refractivity contribution in [2.75, 3.05) is 13.6 Å². The predicted molar refractivity (Wildman–Crippen MR) is 58.3 cm³/mol. The average Bonchev–Trinajstić information content (AvgIpc) is 2.95. The highest BCUT2D eigenvalue weighted by Gasteiger charge is 2.52. The molecular weight excluding hydrogens is 204 g/mol. The summed E-state index contributed by atoms with van der Waals surface area (Å²) in [6, 6.07) is 2.10. The fourth-order valence-corrected chi connectivity index (χ4v) is 2.57. The van der Waals surface area contributed by atoms with Gasteiger partial charge in [-0.15, -0.1) is 0 Å². The summed E-state index contributed by atoms with van der Waals surface area (Å²) < 4.78 is 0. The first-order chi connectivity index (χ1) is 7.51. The van der Waals surface area contributed by atoms with E-state index in [9.17, 15) is 9.90 Å². The van der Waals surface area contributed by atoms with E-state index < -0.39 is 11.0 Å². The van der Waals surface area contributed by atoms with E-state index in [-0.39, 0.29) is 5.91 Å². The summed E-state index contributed by atoms with van der Waals surface area (Å²) in [5.74, 6) is -0.115. The standard InChI is InChI=1S/C12H18N2O2/c1-14(9-12(16)4-2-3-5-12)10(15)11(8-13)6-7-11/h16H,2-7,9H2,1H3. The molecule has 0 saturated heterocycles. The molecule has 2 rings (SSSR count). The SMILES string of the molecule is CN(CC1(O)CCCC1)C(=O)C1(C#N)CC1. The lowest BCUT2D eigenvalue weighted by Gasteiger charge is -2.29. The third-order valence-electron chi connectivity index (χ3n) is 3.79. The van der Waals surface area contributed by atoms with Crippen LogP contribution < -0.4 is 0 Å². The number of nitriles is 1. The average molecular weight is 222 g/mol. The summed E-state index contributed by atoms with van der Waals surface area (Å²) in [5, 5.41) is 19.1. The van der Waals surface area contributed by atoms with Gasteiger partial charge in [-0.3, -0.25) is 4.79 Å². The van der Waals surface area contributed by atoms with Crippen molar-refractivity contribution in [3.05, 3.63) is 0 Å². The predicted octanol–water partition coefficient (Wildman–Crippen LogP) is 1.05. The Labute approximate surface area is 95.9 Å². The first kappa shape index (κ1) is 11.4. The number of carbonyl (C=O) groups excluding carboxylic acids is 1. The van der Waals surface area contributed by atoms with Gasteiger partial charge in [0.05, 0.1) is 11.7 Å². The largest absolute Gasteiger partial charge is 0.388 e. The quantitative estimate of drug-likeness (QED) is 0.776. The molecule has 88 valence electrons. The minimum Gasteiger partial charge on any atom is -0.388 e. The van der Waals surface area contributed by atoms with E-state index in [0.717, 1.165) is 25.7 Å². The van der Waals surface area contributed by atoms with Crippen LogP contribution >= 0.6 is 0 Å². The Kier molecular flexibility index (Phi) is 2.67. The monoisotopic (exact) mass is 222 g/mol. The summed E-state index contributed by atoms with van der Waals surface area (Å²) in [5.41, 5.74) is -1.47. The summed E-state index contributed by atoms with van der Waals surface area (Å²) in [7, 11) is 1.69. The lowest BCUT2D eigenvalue weighted by molar-refractivity contribution is -0.136. The molecule has 1 amide bonds. The van der Waals surface area contributed by atoms with Crippen molar-refractivity contribution in [1.82, 2.24) is 4.90 Å². The maximum absolute atomic E-state index is 12.0. The van der Waals surface area contributed by atoms with E-state index in [4.69, 9.17) is 5.26 Å². The lowest BCUT2D eigenvalue weighted by atomic mass is 10.0. The van der Waals surface area contributed by atoms with Gasteiger partial charge in [0, 0.05) is 13.6 Å². The maximum atomic E-state index is 12.0. The smallest absolute Gasteiger partial charge is 0.242 e. The first-order valence-corrected chi connectivity index (χ1v) is 5.91. The van der Waals surface area contributed by atoms with Gasteiger partial charge in [0.15, 0.2) is 0 Å². The zero-order chi connectivity index (χ0) is 11.8. The van der Waals surface area contributed by atoms with E-state index in [1.807, 2.05) is 0 Å². The Hall–Kier alpha value is -1.08. The summed E-state index contributed by atoms with van der Waals surface area (Å²) in [6.45, 7) is 0.370. The van der Waals surface area contributed by atoms with Gasteiger partial charge in [-0.2, -0.15) is 5.26 Å². The number of hydrogen-bond donors (Lipinski definition) is 1. The van der Waals surface area contributed by atoms with Gasteiger partial charge < -0.3 is 10.0 Å². The van der Waals surface area contributed by atoms with Crippen LogP contribution in [0.4, 0.5) is 0 Å². The summed E-state index contributed by atoms with van der Waals surface area (Å²) >= 11 is 0. The van der Waals surface area contributed by atoms with E-state index >= 15 is 0 Å². The van der Waals surface area contributed by atoms with Gasteiger partial charge in [0.2, 0.25) is 5.91 Å². The number of aliphatic hydroxyl groups is 1. The molecule has 0 heterocycles. The molecule has 1 N–H and O–H groups in total. The molecule has 0 bridgehead atoms. The highest BCUT2D eigenvalue weighted by atomic mass is 16.3. The molecule has 0 radical (unpaired) electrons. The van der Waals surface area contributed by atoms with Crippen molar-refractivity contribution in [2.45, 2.75) is 44.1 Å². The Morgan fingerprint density at radius 1 is 1.38 bits per heavy atom. The normalized spacial score (nSPS) is 24.8. The molecule has 2 saturated carbocycles. The number of nitrogens with zero attached hydrogens (tertiary/aromatic N) is 2. The van der Waals surface area contributed by atoms with Crippen molar-refractivity contribution < 1.29 is 9.90 Å². The van der Waals surface area contributed by atoms with Crippen molar-refractivity contribution in [1.29, 1.82) is 5.26 Å². The minimum absolute atomic E-state index is 0.115. The third-order valence-corrected chi connectivity index (χ3v) is 3.79. The fourth-order valence-electron chi connectivity index (χ4n) is 2.57. The first-order valence-electron chi connectivity index (χ1n) is 5.91. The van der Waals surface area contributed by atoms with Crippen LogP contribution in [0.3, 0.4) is 0 Å². The van der Waals surface area contributed by atoms with Gasteiger partial charge in [0.25, 0.3) is 0 Å². The zero-order valence-electron chi connectivity index (χ0n) is 9.70. The van der Waals surface area contributed by atoms with Crippen LogP contribution in [0.5, 0.6) is 0 Å². The van der Waals surface area contributed by atoms with Gasteiger partial charge in [0.1, 0.15) is 5.41 Å². The molecule has 16 heavy (non-hydrogen) atoms. The summed E-state index contributed by atoms with van der Waals surface area (Å²) in [6.07, 6.45) is 4.94. The number of carbonyl (C=O) groups is 1. The molecule has 0 aliphatic heterocycles. The molecule has 0 aromatic carbocycles. The van der Waals surface area contributed by atoms with E-state index in [1.54, 1.807) is 11.9 Å². The minimum atomic E-state index is -0.760. The molecular formula is C12H18N2O2. The van der Waals surface area contributed by atoms with Gasteiger partial charge in [-0.1, -0.05) is 12.8 Å². The van der Waals surface area contributed by atoms with Crippen LogP contribution in [0.1, 0.15) is 38.5 Å². The third kappa shape index (κ3) is 1.92. The number of likely N-dealkylation sites (N-methyl/N-ethyl adjacent to an activating group) is 1. The van der Waals surface area contributed by atoms with Crippen LogP contribution in [-0.4, -0.2) is 35.1 Å². The Balaban J connectivity index is 1.96. The van der Waals surface area contributed by atoms with Crippen LogP contribution in [0.25, 0.3) is 0 Å². The van der Waals surface area contributed by atoms with E-state index in [1.165, 1.54) is 0 Å². The topological polar surface area (TPSA) is 64.3 Å². The molecule has 2 fully saturated rings. The van der Waals surface area contributed by atoms with Crippen LogP contribution in [0.15, 0.2) is 0 Å². The van der Waals surface area contributed by atoms with Crippen LogP contribution in [0.2, 0.25) is 0 Å². The molecule has 4 nitrogen and oxygen atoms in total. The van der Waals surface area contributed by atoms with Gasteiger partial charge in [-0.25, -0.2) is 0 Å². The number of amides is 1. The second-order valence-electron chi connectivity index (χ2n) is 5.29. The van der Waals surface area contributed by atoms with Crippen molar-refractivity contribution in [3.63, 3.8) is 0 Å². The van der Waals surface area contributed by atoms with Crippen LogP contribution in [0, 0.1) is 16.7 Å². The Morgan fingerprint density at radius 2 is 1.94 bits per heavy atom. The van der Waals surface area contributed by atoms with Crippen LogP contribution in [-0.2, 0) is 4.79 Å². The van der Waals surface area contributed by atoms with Crippen molar-refractivity contribution in [3.8, 4) is 6.07 Å². The molecule has 0 aromatic rings. The zero-order valence-corrected chi connectivity index (χ0v) is 9.70. The van der Waals surface area contributed by atoms with E-state index in [0.29, 0.717) is 19.4 Å². The molecule has 2 aliphatic carbocycles. The molecule has 2 aliphatic rings. The maximum Gasteiger partial charge on any atom is 0.242 e. The highest BCUT2D eigenvalue weighted by molar-refractivity contribution is 5.88. The second kappa shape index (κ2) is 3.74. The summed E-state index contributed by atoms with van der Waals surface area (Å²) in [4.78, 5) is 13.5. The number of hydrogen-bond acceptors (Lipinski definition) is 3. The number of rotatable bonds is 3.